The van der Waals surface area contributed by atoms with Crippen LogP contribution >= 0.6 is 0 Å². The molecule has 3 heterocycles. The highest BCUT2D eigenvalue weighted by atomic mass is 15.0. The lowest BCUT2D eigenvalue weighted by Crippen LogP contribution is -2.02. The van der Waals surface area contributed by atoms with Gasteiger partial charge in [-0.1, -0.05) is 164 Å². The molecule has 0 atom stereocenters. The Kier molecular flexibility index (Phi) is 7.41. The van der Waals surface area contributed by atoms with Crippen molar-refractivity contribution in [3.63, 3.8) is 0 Å². The summed E-state index contributed by atoms with van der Waals surface area (Å²) in [7, 11) is 0. The molecule has 0 saturated heterocycles. The Morgan fingerprint density at radius 1 is 0.348 bits per heavy atom. The Bertz CT molecular complexity index is 4300. The lowest BCUT2D eigenvalue weighted by molar-refractivity contribution is 1.14. The Balaban J connectivity index is 0.994. The van der Waals surface area contributed by atoms with Crippen molar-refractivity contribution in [3.05, 3.63) is 230 Å². The van der Waals surface area contributed by atoms with Crippen LogP contribution in [-0.2, 0) is 0 Å². The molecule has 0 saturated carbocycles. The SMILES string of the molecule is [2H]C([2H])([2H])c1cc2c(cc1-c1ncc(C([2H])([2H])[2H])c(-c3ccc4c(c3)-c3ccccc3-c3ccccc3-c3cc(-n5c6ccccc6c6ccccc65)ccc3-4)n1)-c1ccccc1-c1ccccc1-c1ncccc1-2. The molecule has 0 bridgehead atoms. The molecule has 4 heteroatoms. The molecule has 0 unspecified atom stereocenters. The minimum absolute atomic E-state index is 0.0395. The van der Waals surface area contributed by atoms with Gasteiger partial charge in [-0.2, -0.15) is 0 Å². The van der Waals surface area contributed by atoms with Gasteiger partial charge in [-0.3, -0.25) is 4.98 Å². The predicted molar refractivity (Wildman–Crippen MR) is 285 cm³/mol. The smallest absolute Gasteiger partial charge is 0.160 e. The highest BCUT2D eigenvalue weighted by Crippen LogP contribution is 2.51. The Hall–Kier alpha value is -8.99. The molecule has 0 fully saturated rings. The van der Waals surface area contributed by atoms with Crippen LogP contribution < -0.4 is 0 Å². The van der Waals surface area contributed by atoms with Gasteiger partial charge in [-0.15, -0.1) is 0 Å². The molecule has 3 aromatic heterocycles. The number of aryl methyl sites for hydroxylation is 2. The summed E-state index contributed by atoms with van der Waals surface area (Å²) in [6.45, 7) is -5.23. The monoisotopic (exact) mass is 884 g/mol. The highest BCUT2D eigenvalue weighted by molar-refractivity contribution is 6.10. The van der Waals surface area contributed by atoms with Crippen LogP contribution in [0, 0.1) is 13.7 Å². The maximum Gasteiger partial charge on any atom is 0.160 e. The fraction of sp³-hybridized carbons (Fsp3) is 0.0308. The first-order valence-corrected chi connectivity index (χ1v) is 23.2. The van der Waals surface area contributed by atoms with Crippen LogP contribution in [0.3, 0.4) is 0 Å². The van der Waals surface area contributed by atoms with Gasteiger partial charge in [-0.05, 0) is 140 Å². The van der Waals surface area contributed by atoms with E-state index in [-0.39, 0.29) is 28.2 Å². The summed E-state index contributed by atoms with van der Waals surface area (Å²) in [4.78, 5) is 14.8. The van der Waals surface area contributed by atoms with Crippen molar-refractivity contribution in [3.8, 4) is 117 Å². The summed E-state index contributed by atoms with van der Waals surface area (Å²) in [6, 6.07) is 70.3. The minimum Gasteiger partial charge on any atom is -0.309 e. The third-order valence-electron chi connectivity index (χ3n) is 14.1. The number of para-hydroxylation sites is 2. The van der Waals surface area contributed by atoms with E-state index in [2.05, 4.69) is 132 Å². The van der Waals surface area contributed by atoms with E-state index in [0.717, 1.165) is 100 Å². The van der Waals surface area contributed by atoms with Gasteiger partial charge in [0.1, 0.15) is 0 Å². The second-order valence-corrected chi connectivity index (χ2v) is 17.8. The fourth-order valence-electron chi connectivity index (χ4n) is 11.1. The van der Waals surface area contributed by atoms with Crippen LogP contribution in [0.1, 0.15) is 19.4 Å². The van der Waals surface area contributed by atoms with Crippen molar-refractivity contribution < 1.29 is 8.22 Å². The van der Waals surface area contributed by atoms with Crippen molar-refractivity contribution in [1.82, 2.24) is 19.5 Å². The summed E-state index contributed by atoms with van der Waals surface area (Å²) in [5.41, 5.74) is 19.2. The molecule has 0 N–H and O–H groups in total. The van der Waals surface area contributed by atoms with Gasteiger partial charge < -0.3 is 4.57 Å². The third-order valence-corrected chi connectivity index (χ3v) is 14.1. The van der Waals surface area contributed by atoms with Crippen LogP contribution in [0.5, 0.6) is 0 Å². The lowest BCUT2D eigenvalue weighted by Gasteiger charge is -2.24. The Labute approximate surface area is 409 Å². The maximum absolute atomic E-state index is 9.00. The standard InChI is InChI=1S/C65H42N4/c1-39-34-57-55-26-15-33-66-64(55)54-25-10-9-19-46(54)45-18-5-8-22-49(45)60(57)37-56(39)65-67-38-40(2)63(68-65)41-29-31-50-51-32-30-42(69-61-27-13-11-23-52(61)53-24-12-14-28-62(53)69)36-59(51)48-21-7-4-17-44(48)43-16-3-6-20-47(43)58(50)35-41/h3-38H,1-2H3/i1D3,2D3. The van der Waals surface area contributed by atoms with Crippen LogP contribution in [0.4, 0.5) is 0 Å². The third kappa shape index (κ3) is 5.99. The zero-order chi connectivity index (χ0) is 50.7. The first-order valence-electron chi connectivity index (χ1n) is 26.2. The molecule has 2 aliphatic rings. The van der Waals surface area contributed by atoms with Crippen LogP contribution in [0.15, 0.2) is 219 Å². The fourth-order valence-corrected chi connectivity index (χ4v) is 11.1. The van der Waals surface area contributed by atoms with E-state index in [1.807, 2.05) is 72.8 Å². The summed E-state index contributed by atoms with van der Waals surface area (Å²) in [5.74, 6) is 0.0993. The molecule has 0 spiro atoms. The van der Waals surface area contributed by atoms with Gasteiger partial charge in [0.15, 0.2) is 5.82 Å². The Morgan fingerprint density at radius 3 is 1.45 bits per heavy atom. The largest absolute Gasteiger partial charge is 0.309 e. The molecule has 0 amide bonds. The second kappa shape index (κ2) is 15.3. The number of fused-ring (bicyclic) bond motifs is 19. The van der Waals surface area contributed by atoms with Gasteiger partial charge in [0.25, 0.3) is 0 Å². The number of aromatic nitrogens is 4. The van der Waals surface area contributed by atoms with Crippen LogP contribution in [0.25, 0.3) is 139 Å². The second-order valence-electron chi connectivity index (χ2n) is 17.8. The summed E-state index contributed by atoms with van der Waals surface area (Å²) in [5, 5.41) is 2.37. The zero-order valence-electron chi connectivity index (χ0n) is 43.1. The first kappa shape index (κ1) is 33.5. The summed E-state index contributed by atoms with van der Waals surface area (Å²) in [6.07, 6.45) is 3.11. The van der Waals surface area contributed by atoms with Gasteiger partial charge in [0.05, 0.1) is 22.4 Å². The number of rotatable bonds is 3. The molecule has 12 aromatic rings. The molecular weight excluding hydrogens is 837 g/mol. The van der Waals surface area contributed by atoms with Crippen molar-refractivity contribution in [2.45, 2.75) is 13.7 Å². The van der Waals surface area contributed by atoms with Crippen molar-refractivity contribution in [2.75, 3.05) is 0 Å². The molecule has 9 aromatic carbocycles. The van der Waals surface area contributed by atoms with E-state index in [0.29, 0.717) is 11.1 Å². The molecule has 69 heavy (non-hydrogen) atoms. The average Bonchev–Trinajstić information content (AvgIpc) is 3.78. The average molecular weight is 885 g/mol. The maximum atomic E-state index is 9.00. The topological polar surface area (TPSA) is 43.6 Å². The van der Waals surface area contributed by atoms with E-state index in [9.17, 15) is 0 Å². The highest BCUT2D eigenvalue weighted by Gasteiger charge is 2.27. The summed E-state index contributed by atoms with van der Waals surface area (Å²) < 4.78 is 55.9. The number of hydrogen-bond acceptors (Lipinski definition) is 3. The number of benzene rings is 9. The quantitative estimate of drug-likeness (QED) is 0.178. The van der Waals surface area contributed by atoms with Gasteiger partial charge in [0.2, 0.25) is 0 Å². The predicted octanol–water partition coefficient (Wildman–Crippen LogP) is 16.9. The van der Waals surface area contributed by atoms with Crippen LogP contribution in [-0.4, -0.2) is 19.5 Å². The molecule has 0 aliphatic heterocycles. The van der Waals surface area contributed by atoms with E-state index in [1.165, 1.54) is 17.0 Å². The number of nitrogens with zero attached hydrogens (tertiary/aromatic N) is 4. The normalized spacial score (nSPS) is 13.6. The van der Waals surface area contributed by atoms with E-state index < -0.39 is 13.7 Å². The number of hydrogen-bond donors (Lipinski definition) is 0. The van der Waals surface area contributed by atoms with Crippen molar-refractivity contribution in [1.29, 1.82) is 0 Å². The van der Waals surface area contributed by atoms with Gasteiger partial charge in [0, 0.05) is 59.3 Å². The van der Waals surface area contributed by atoms with Gasteiger partial charge >= 0.3 is 0 Å². The minimum atomic E-state index is -2.62. The zero-order valence-corrected chi connectivity index (χ0v) is 37.1. The van der Waals surface area contributed by atoms with Crippen molar-refractivity contribution >= 4 is 21.8 Å². The van der Waals surface area contributed by atoms with Gasteiger partial charge in [-0.25, -0.2) is 9.97 Å². The van der Waals surface area contributed by atoms with Crippen molar-refractivity contribution in [2.24, 2.45) is 0 Å². The van der Waals surface area contributed by atoms with E-state index in [1.54, 1.807) is 12.3 Å². The summed E-state index contributed by atoms with van der Waals surface area (Å²) >= 11 is 0. The first-order chi connectivity index (χ1) is 36.5. The molecule has 0 radical (unpaired) electrons. The molecule has 4 nitrogen and oxygen atoms in total. The Morgan fingerprint density at radius 2 is 0.826 bits per heavy atom. The van der Waals surface area contributed by atoms with Crippen LogP contribution in [0.2, 0.25) is 0 Å². The molecule has 2 aliphatic carbocycles. The lowest BCUT2D eigenvalue weighted by atomic mass is 9.80. The molecule has 14 rings (SSSR count). The van der Waals surface area contributed by atoms with E-state index in [4.69, 9.17) is 23.2 Å². The molecular formula is C65H42N4. The number of pyridine rings is 1. The van der Waals surface area contributed by atoms with E-state index >= 15 is 0 Å². The molecule has 322 valence electrons.